The van der Waals surface area contributed by atoms with Crippen LogP contribution in [0, 0.1) is 10.1 Å². The fourth-order valence-corrected chi connectivity index (χ4v) is 1.27. The second kappa shape index (κ2) is 5.34. The number of hydrogen-bond donors (Lipinski definition) is 1. The van der Waals surface area contributed by atoms with Gasteiger partial charge in [-0.2, -0.15) is 0 Å². The van der Waals surface area contributed by atoms with Gasteiger partial charge in [0.15, 0.2) is 0 Å². The first-order valence-electron chi connectivity index (χ1n) is 4.65. The van der Waals surface area contributed by atoms with E-state index < -0.39 is 40.9 Å². The molecule has 9 heteroatoms. The van der Waals surface area contributed by atoms with Crippen molar-refractivity contribution in [2.45, 2.75) is 12.8 Å². The number of rotatable bonds is 4. The monoisotopic (exact) mass is 261 g/mol. The molecule has 0 saturated heterocycles. The molecule has 0 aliphatic heterocycles. The summed E-state index contributed by atoms with van der Waals surface area (Å²) in [6.07, 6.45) is -3.50. The number of carbonyl (C=O) groups is 1. The van der Waals surface area contributed by atoms with Crippen LogP contribution in [0.3, 0.4) is 0 Å². The minimum Gasteiger partial charge on any atom is -0.469 e. The van der Waals surface area contributed by atoms with Gasteiger partial charge < -0.3 is 20.6 Å². The first-order valence-corrected chi connectivity index (χ1v) is 4.65. The van der Waals surface area contributed by atoms with Crippen molar-refractivity contribution in [2.75, 3.05) is 12.8 Å². The van der Waals surface area contributed by atoms with Gasteiger partial charge in [-0.05, 0) is 16.0 Å². The smallest absolute Gasteiger partial charge is 0.367 e. The minimum absolute atomic E-state index is 0.172. The molecule has 0 fully saturated rings. The maximum Gasteiger partial charge on any atom is 0.367 e. The lowest BCUT2D eigenvalue weighted by Crippen LogP contribution is -2.11. The van der Waals surface area contributed by atoms with Gasteiger partial charge in [0.2, 0.25) is 5.69 Å². The zero-order valence-electron chi connectivity index (χ0n) is 9.22. The Kier molecular flexibility index (Phi) is 4.08. The summed E-state index contributed by atoms with van der Waals surface area (Å²) in [5.74, 6) is -1.59. The van der Waals surface area contributed by atoms with Gasteiger partial charge in [-0.25, -0.2) is 8.78 Å². The summed E-state index contributed by atoms with van der Waals surface area (Å²) >= 11 is 0. The Bertz CT molecular complexity index is 493. The van der Waals surface area contributed by atoms with Gasteiger partial charge in [-0.3, -0.25) is 4.79 Å². The molecule has 0 spiro atoms. The molecule has 7 nitrogen and oxygen atoms in total. The molecule has 0 amide bonds. The van der Waals surface area contributed by atoms with Crippen molar-refractivity contribution in [3.8, 4) is 0 Å². The number of nitrogens with zero attached hydrogens (tertiary/aromatic N) is 2. The van der Waals surface area contributed by atoms with E-state index in [1.165, 1.54) is 0 Å². The number of methoxy groups -OCH3 is 1. The van der Waals surface area contributed by atoms with Crippen LogP contribution in [0.4, 0.5) is 20.3 Å². The van der Waals surface area contributed by atoms with Gasteiger partial charge in [0, 0.05) is 0 Å². The number of esters is 1. The molecule has 0 atom stereocenters. The third-order valence-corrected chi connectivity index (χ3v) is 2.08. The molecule has 2 N–H and O–H groups in total. The summed E-state index contributed by atoms with van der Waals surface area (Å²) in [5.41, 5.74) is 3.83. The van der Waals surface area contributed by atoms with E-state index in [0.29, 0.717) is 0 Å². The lowest BCUT2D eigenvalue weighted by atomic mass is 10.1. The zero-order valence-corrected chi connectivity index (χ0v) is 9.22. The summed E-state index contributed by atoms with van der Waals surface area (Å²) in [6, 6.07) is 0.934. The number of hydrogen-bond acceptors (Lipinski definition) is 6. The topological polar surface area (TPSA) is 108 Å². The normalized spacial score (nSPS) is 10.4. The van der Waals surface area contributed by atoms with Crippen molar-refractivity contribution >= 4 is 17.5 Å². The molecule has 0 aromatic carbocycles. The average molecular weight is 261 g/mol. The number of anilines is 1. The largest absolute Gasteiger partial charge is 0.469 e. The van der Waals surface area contributed by atoms with Crippen LogP contribution >= 0.6 is 0 Å². The van der Waals surface area contributed by atoms with Crippen molar-refractivity contribution in [2.24, 2.45) is 0 Å². The highest BCUT2D eigenvalue weighted by Gasteiger charge is 2.27. The predicted molar refractivity (Wildman–Crippen MR) is 56.0 cm³/mol. The molecular weight excluding hydrogens is 252 g/mol. The van der Waals surface area contributed by atoms with Crippen LogP contribution in [-0.2, 0) is 16.0 Å². The van der Waals surface area contributed by atoms with Crippen LogP contribution in [-0.4, -0.2) is 23.0 Å². The van der Waals surface area contributed by atoms with Crippen molar-refractivity contribution in [1.29, 1.82) is 0 Å². The molecule has 0 bridgehead atoms. The van der Waals surface area contributed by atoms with Crippen LogP contribution in [0.5, 0.6) is 0 Å². The van der Waals surface area contributed by atoms with Crippen LogP contribution in [0.2, 0.25) is 0 Å². The molecule has 0 aliphatic rings. The van der Waals surface area contributed by atoms with E-state index in [-0.39, 0.29) is 5.56 Å². The second-order valence-electron chi connectivity index (χ2n) is 3.26. The average Bonchev–Trinajstić information content (AvgIpc) is 2.27. The molecule has 0 aliphatic carbocycles. The first-order chi connectivity index (χ1) is 8.36. The Morgan fingerprint density at radius 1 is 1.67 bits per heavy atom. The van der Waals surface area contributed by atoms with Crippen LogP contribution < -0.4 is 5.73 Å². The highest BCUT2D eigenvalue weighted by atomic mass is 19.3. The number of ether oxygens (including phenoxy) is 1. The Labute approximate surface area is 99.7 Å². The summed E-state index contributed by atoms with van der Waals surface area (Å²) in [4.78, 5) is 23.9. The summed E-state index contributed by atoms with van der Waals surface area (Å²) in [6.45, 7) is 0. The van der Waals surface area contributed by atoms with E-state index in [4.69, 9.17) is 5.73 Å². The number of carbonyl (C=O) groups excluding carboxylic acids is 1. The summed E-state index contributed by atoms with van der Waals surface area (Å²) in [7, 11) is 1.10. The third kappa shape index (κ3) is 2.87. The van der Waals surface area contributed by atoms with E-state index in [1.54, 1.807) is 0 Å². The summed E-state index contributed by atoms with van der Waals surface area (Å²) in [5, 5.41) is 10.7. The first kappa shape index (κ1) is 13.7. The Balaban J connectivity index is 3.29. The molecule has 98 valence electrons. The summed E-state index contributed by atoms with van der Waals surface area (Å²) < 4.78 is 29.3. The second-order valence-corrected chi connectivity index (χ2v) is 3.26. The Morgan fingerprint density at radius 3 is 2.72 bits per heavy atom. The molecule has 1 heterocycles. The molecule has 18 heavy (non-hydrogen) atoms. The number of nitro groups is 1. The maximum absolute atomic E-state index is 12.5. The molecule has 0 unspecified atom stereocenters. The van der Waals surface area contributed by atoms with Gasteiger partial charge in [-0.15, -0.1) is 0 Å². The molecule has 0 saturated carbocycles. The molecule has 1 rings (SSSR count). The maximum atomic E-state index is 12.5. The zero-order chi connectivity index (χ0) is 13.9. The predicted octanol–water partition coefficient (Wildman–Crippen LogP) is 1.23. The highest BCUT2D eigenvalue weighted by Crippen LogP contribution is 2.28. The molecule has 0 radical (unpaired) electrons. The number of alkyl halides is 2. The molecule has 1 aromatic heterocycles. The quantitative estimate of drug-likeness (QED) is 0.496. The van der Waals surface area contributed by atoms with E-state index in [1.807, 2.05) is 0 Å². The number of nitrogens with two attached hydrogens (primary N) is 1. The van der Waals surface area contributed by atoms with Crippen LogP contribution in [0.25, 0.3) is 0 Å². The fraction of sp³-hybridized carbons (Fsp3) is 0.333. The van der Waals surface area contributed by atoms with E-state index in [0.717, 1.165) is 13.2 Å². The van der Waals surface area contributed by atoms with Gasteiger partial charge in [0.05, 0.1) is 24.8 Å². The standard InChI is InChI=1S/C9H9F2N3O4/c1-18-6(15)3-4-2-5(12)7(8(10)11)13-9(4)14(16)17/h2,8H,3,12H2,1H3. The molecule has 1 aromatic rings. The lowest BCUT2D eigenvalue weighted by molar-refractivity contribution is -0.390. The fourth-order valence-electron chi connectivity index (χ4n) is 1.27. The van der Waals surface area contributed by atoms with Crippen molar-refractivity contribution in [3.63, 3.8) is 0 Å². The van der Waals surface area contributed by atoms with Crippen molar-refractivity contribution in [3.05, 3.63) is 27.4 Å². The van der Waals surface area contributed by atoms with Crippen LogP contribution in [0.1, 0.15) is 17.7 Å². The number of halogens is 2. The number of aromatic nitrogens is 1. The third-order valence-electron chi connectivity index (χ3n) is 2.08. The van der Waals surface area contributed by atoms with Crippen LogP contribution in [0.15, 0.2) is 6.07 Å². The molecular formula is C9H9F2N3O4. The van der Waals surface area contributed by atoms with Crippen molar-refractivity contribution < 1.29 is 23.2 Å². The Hall–Kier alpha value is -2.32. The van der Waals surface area contributed by atoms with E-state index in [2.05, 4.69) is 9.72 Å². The highest BCUT2D eigenvalue weighted by molar-refractivity contribution is 5.74. The SMILES string of the molecule is COC(=O)Cc1cc(N)c(C(F)F)nc1[N+](=O)[O-]. The van der Waals surface area contributed by atoms with Crippen molar-refractivity contribution in [1.82, 2.24) is 4.98 Å². The Morgan fingerprint density at radius 2 is 2.28 bits per heavy atom. The van der Waals surface area contributed by atoms with Gasteiger partial charge in [0.1, 0.15) is 0 Å². The van der Waals surface area contributed by atoms with E-state index >= 15 is 0 Å². The van der Waals surface area contributed by atoms with Gasteiger partial charge in [-0.1, -0.05) is 0 Å². The van der Waals surface area contributed by atoms with E-state index in [9.17, 15) is 23.7 Å². The minimum atomic E-state index is -3.03. The number of pyridine rings is 1. The van der Waals surface area contributed by atoms with Gasteiger partial charge >= 0.3 is 18.2 Å². The lowest BCUT2D eigenvalue weighted by Gasteiger charge is -2.05. The number of nitrogen functional groups attached to an aromatic ring is 1. The van der Waals surface area contributed by atoms with Gasteiger partial charge in [0.25, 0.3) is 0 Å².